The van der Waals surface area contributed by atoms with E-state index in [0.29, 0.717) is 0 Å². The third-order valence-electron chi connectivity index (χ3n) is 3.17. The molecule has 1 aromatic rings. The summed E-state index contributed by atoms with van der Waals surface area (Å²) in [5, 5.41) is 6.37. The van der Waals surface area contributed by atoms with Crippen molar-refractivity contribution in [1.82, 2.24) is 14.9 Å². The molecule has 18 heavy (non-hydrogen) atoms. The van der Waals surface area contributed by atoms with Crippen LogP contribution in [0.25, 0.3) is 0 Å². The number of anilines is 2. The van der Waals surface area contributed by atoms with Crippen molar-refractivity contribution < 1.29 is 0 Å². The number of aromatic nitrogens is 2. The maximum atomic E-state index is 4.23. The summed E-state index contributed by atoms with van der Waals surface area (Å²) in [4.78, 5) is 10.9. The van der Waals surface area contributed by atoms with Crippen LogP contribution in [0.5, 0.6) is 0 Å². The maximum absolute atomic E-state index is 4.23. The van der Waals surface area contributed by atoms with E-state index in [4.69, 9.17) is 0 Å². The number of hydrogen-bond acceptors (Lipinski definition) is 5. The van der Waals surface area contributed by atoms with Crippen molar-refractivity contribution in [3.05, 3.63) is 10.8 Å². The Bertz CT molecular complexity index is 379. The van der Waals surface area contributed by atoms with Crippen LogP contribution in [0.3, 0.4) is 0 Å². The molecule has 1 aliphatic rings. The molecule has 100 valence electrons. The minimum atomic E-state index is 0.812. The lowest BCUT2D eigenvalue weighted by atomic mass is 10.4. The summed E-state index contributed by atoms with van der Waals surface area (Å²) < 4.78 is 0.897. The first kappa shape index (κ1) is 13.5. The molecule has 1 aliphatic heterocycles. The molecule has 0 atom stereocenters. The predicted molar refractivity (Wildman–Crippen MR) is 78.1 cm³/mol. The van der Waals surface area contributed by atoms with E-state index in [1.165, 1.54) is 32.5 Å². The normalized spacial score (nSPS) is 15.9. The fourth-order valence-corrected chi connectivity index (χ4v) is 2.73. The van der Waals surface area contributed by atoms with Crippen molar-refractivity contribution in [1.29, 1.82) is 0 Å². The summed E-state index contributed by atoms with van der Waals surface area (Å²) in [7, 11) is 1.85. The second-order valence-electron chi connectivity index (χ2n) is 4.46. The molecular weight excluding hydrogens is 294 g/mol. The molecule has 2 heterocycles. The number of likely N-dealkylation sites (tertiary alicyclic amines) is 1. The number of hydrogen-bond donors (Lipinski definition) is 2. The van der Waals surface area contributed by atoms with Crippen LogP contribution in [0, 0.1) is 0 Å². The quantitative estimate of drug-likeness (QED) is 0.788. The minimum Gasteiger partial charge on any atom is -0.372 e. The molecule has 0 bridgehead atoms. The lowest BCUT2D eigenvalue weighted by Crippen LogP contribution is -2.22. The van der Waals surface area contributed by atoms with Crippen LogP contribution in [0.15, 0.2) is 10.8 Å². The van der Waals surface area contributed by atoms with Crippen LogP contribution in [-0.4, -0.2) is 48.1 Å². The van der Waals surface area contributed by atoms with Crippen molar-refractivity contribution in [3.63, 3.8) is 0 Å². The van der Waals surface area contributed by atoms with Gasteiger partial charge >= 0.3 is 0 Å². The highest BCUT2D eigenvalue weighted by atomic mass is 79.9. The molecule has 0 spiro atoms. The van der Waals surface area contributed by atoms with Crippen molar-refractivity contribution in [2.45, 2.75) is 19.3 Å². The van der Waals surface area contributed by atoms with Gasteiger partial charge < -0.3 is 15.5 Å². The highest BCUT2D eigenvalue weighted by Crippen LogP contribution is 2.25. The minimum absolute atomic E-state index is 0.812. The Morgan fingerprint density at radius 3 is 2.72 bits per heavy atom. The summed E-state index contributed by atoms with van der Waals surface area (Å²) >= 11 is 3.50. The van der Waals surface area contributed by atoms with Gasteiger partial charge in [-0.25, -0.2) is 9.97 Å². The van der Waals surface area contributed by atoms with Crippen LogP contribution in [0.4, 0.5) is 11.6 Å². The summed E-state index contributed by atoms with van der Waals surface area (Å²) in [6, 6.07) is 0. The van der Waals surface area contributed by atoms with E-state index >= 15 is 0 Å². The van der Waals surface area contributed by atoms with E-state index in [0.717, 1.165) is 29.1 Å². The fourth-order valence-electron chi connectivity index (χ4n) is 2.18. The average molecular weight is 314 g/mol. The Labute approximate surface area is 117 Å². The fraction of sp³-hybridized carbons (Fsp3) is 0.667. The number of nitrogens with one attached hydrogen (secondary N) is 2. The van der Waals surface area contributed by atoms with Crippen LogP contribution in [0.1, 0.15) is 19.3 Å². The largest absolute Gasteiger partial charge is 0.372 e. The van der Waals surface area contributed by atoms with E-state index in [2.05, 4.69) is 41.4 Å². The molecule has 0 amide bonds. The molecule has 2 N–H and O–H groups in total. The zero-order chi connectivity index (χ0) is 12.8. The number of rotatable bonds is 6. The molecule has 2 rings (SSSR count). The van der Waals surface area contributed by atoms with Gasteiger partial charge in [0.05, 0.1) is 0 Å². The molecule has 0 radical (unpaired) electrons. The zero-order valence-electron chi connectivity index (χ0n) is 10.7. The lowest BCUT2D eigenvalue weighted by Gasteiger charge is -2.15. The molecule has 0 unspecified atom stereocenters. The Morgan fingerprint density at radius 2 is 2.00 bits per heavy atom. The van der Waals surface area contributed by atoms with Crippen LogP contribution < -0.4 is 10.6 Å². The number of halogens is 1. The van der Waals surface area contributed by atoms with Gasteiger partial charge in [0.15, 0.2) is 0 Å². The van der Waals surface area contributed by atoms with Crippen molar-refractivity contribution in [3.8, 4) is 0 Å². The van der Waals surface area contributed by atoms with Crippen LogP contribution in [0.2, 0.25) is 0 Å². The van der Waals surface area contributed by atoms with Gasteiger partial charge in [0.25, 0.3) is 0 Å². The molecule has 5 nitrogen and oxygen atoms in total. The van der Waals surface area contributed by atoms with Crippen molar-refractivity contribution in [2.75, 3.05) is 43.9 Å². The molecular formula is C12H20BrN5. The summed E-state index contributed by atoms with van der Waals surface area (Å²) in [6.07, 6.45) is 5.43. The van der Waals surface area contributed by atoms with Crippen LogP contribution in [-0.2, 0) is 0 Å². The predicted octanol–water partition coefficient (Wildman–Crippen LogP) is 2.18. The Hall–Kier alpha value is -0.880. The van der Waals surface area contributed by atoms with E-state index in [9.17, 15) is 0 Å². The monoisotopic (exact) mass is 313 g/mol. The van der Waals surface area contributed by atoms with E-state index in [1.807, 2.05) is 7.05 Å². The lowest BCUT2D eigenvalue weighted by molar-refractivity contribution is 0.337. The van der Waals surface area contributed by atoms with E-state index < -0.39 is 0 Å². The van der Waals surface area contributed by atoms with Gasteiger partial charge in [0.2, 0.25) is 0 Å². The molecule has 1 fully saturated rings. The Morgan fingerprint density at radius 1 is 1.28 bits per heavy atom. The summed E-state index contributed by atoms with van der Waals surface area (Å²) in [6.45, 7) is 4.64. The van der Waals surface area contributed by atoms with Gasteiger partial charge in [-0.3, -0.25) is 0 Å². The highest BCUT2D eigenvalue weighted by Gasteiger charge is 2.11. The molecule has 1 aromatic heterocycles. The Kier molecular flexibility index (Phi) is 5.19. The first-order valence-corrected chi connectivity index (χ1v) is 7.25. The van der Waals surface area contributed by atoms with Gasteiger partial charge in [-0.15, -0.1) is 0 Å². The molecule has 6 heteroatoms. The second kappa shape index (κ2) is 6.89. The van der Waals surface area contributed by atoms with Gasteiger partial charge in [0, 0.05) is 13.6 Å². The van der Waals surface area contributed by atoms with Crippen molar-refractivity contribution >= 4 is 27.6 Å². The third-order valence-corrected chi connectivity index (χ3v) is 3.92. The van der Waals surface area contributed by atoms with E-state index in [-0.39, 0.29) is 0 Å². The summed E-state index contributed by atoms with van der Waals surface area (Å²) in [5.41, 5.74) is 0. The molecule has 1 saturated heterocycles. The first-order valence-electron chi connectivity index (χ1n) is 6.45. The van der Waals surface area contributed by atoms with Gasteiger partial charge in [-0.1, -0.05) is 0 Å². The zero-order valence-corrected chi connectivity index (χ0v) is 12.3. The Balaban J connectivity index is 1.75. The topological polar surface area (TPSA) is 53.1 Å². The maximum Gasteiger partial charge on any atom is 0.145 e. The number of nitrogens with zero attached hydrogens (tertiary/aromatic N) is 3. The smallest absolute Gasteiger partial charge is 0.145 e. The van der Waals surface area contributed by atoms with Gasteiger partial charge in [-0.05, 0) is 54.8 Å². The van der Waals surface area contributed by atoms with Crippen LogP contribution >= 0.6 is 15.9 Å². The SMILES string of the molecule is CNc1ncnc(NCCCN2CCCC2)c1Br. The molecule has 0 aromatic carbocycles. The average Bonchev–Trinajstić information content (AvgIpc) is 2.89. The molecule has 0 aliphatic carbocycles. The molecule has 0 saturated carbocycles. The highest BCUT2D eigenvalue weighted by molar-refractivity contribution is 9.10. The summed E-state index contributed by atoms with van der Waals surface area (Å²) in [5.74, 6) is 1.67. The standard InChI is InChI=1S/C12H20BrN5/c1-14-11-10(13)12(17-9-16-11)15-5-4-8-18-6-2-3-7-18/h9H,2-8H2,1H3,(H2,14,15,16,17). The van der Waals surface area contributed by atoms with Gasteiger partial charge in [-0.2, -0.15) is 0 Å². The first-order chi connectivity index (χ1) is 8.81. The van der Waals surface area contributed by atoms with Crippen molar-refractivity contribution in [2.24, 2.45) is 0 Å². The van der Waals surface area contributed by atoms with E-state index in [1.54, 1.807) is 6.33 Å². The second-order valence-corrected chi connectivity index (χ2v) is 5.26. The third kappa shape index (κ3) is 3.55. The van der Waals surface area contributed by atoms with Gasteiger partial charge in [0.1, 0.15) is 22.4 Å².